The van der Waals surface area contributed by atoms with E-state index in [-0.39, 0.29) is 11.5 Å². The predicted octanol–water partition coefficient (Wildman–Crippen LogP) is 8.33. The van der Waals surface area contributed by atoms with Gasteiger partial charge in [0, 0.05) is 26.5 Å². The number of halogens is 2. The topological polar surface area (TPSA) is 71.1 Å². The van der Waals surface area contributed by atoms with Crippen molar-refractivity contribution >= 4 is 57.3 Å². The minimum absolute atomic E-state index is 0.0295. The van der Waals surface area contributed by atoms with Gasteiger partial charge >= 0.3 is 0 Å². The summed E-state index contributed by atoms with van der Waals surface area (Å²) < 4.78 is 13.9. The molecule has 0 bridgehead atoms. The van der Waals surface area contributed by atoms with E-state index >= 15 is 0 Å². The van der Waals surface area contributed by atoms with Gasteiger partial charge in [0.25, 0.3) is 5.91 Å². The number of hydrogen-bond acceptors (Lipinski definition) is 5. The average Bonchev–Trinajstić information content (AvgIpc) is 3.42. The summed E-state index contributed by atoms with van der Waals surface area (Å²) in [4.78, 5) is 31.3. The van der Waals surface area contributed by atoms with E-state index in [0.29, 0.717) is 15.8 Å². The Morgan fingerprint density at radius 3 is 2.26 bits per heavy atom. The number of carbonyl (C=O) groups is 2. The third-order valence-corrected chi connectivity index (χ3v) is 7.98. The fraction of sp³-hybridized carbons (Fsp3) is 0.0333. The van der Waals surface area contributed by atoms with Gasteiger partial charge in [0.1, 0.15) is 11.1 Å². The number of thioether (sulfide) groups is 1. The zero-order chi connectivity index (χ0) is 27.2. The first-order chi connectivity index (χ1) is 19.0. The van der Waals surface area contributed by atoms with Crippen LogP contribution in [0.1, 0.15) is 21.2 Å². The second kappa shape index (κ2) is 12.3. The van der Waals surface area contributed by atoms with Crippen LogP contribution in [0.25, 0.3) is 11.3 Å². The number of thiazole rings is 1. The summed E-state index contributed by atoms with van der Waals surface area (Å²) in [7, 11) is 0. The predicted molar refractivity (Wildman–Crippen MR) is 157 cm³/mol. The number of aromatic nitrogens is 1. The van der Waals surface area contributed by atoms with Crippen LogP contribution in [0.15, 0.2) is 113 Å². The number of nitrogens with zero attached hydrogens (tertiary/aromatic N) is 1. The third kappa shape index (κ3) is 6.72. The summed E-state index contributed by atoms with van der Waals surface area (Å²) in [5.74, 6) is -1.32. The van der Waals surface area contributed by atoms with Gasteiger partial charge in [0.2, 0.25) is 5.91 Å². The van der Waals surface area contributed by atoms with Crippen molar-refractivity contribution in [2.45, 2.75) is 10.1 Å². The van der Waals surface area contributed by atoms with Crippen LogP contribution >= 0.6 is 34.7 Å². The van der Waals surface area contributed by atoms with Gasteiger partial charge in [-0.25, -0.2) is 9.37 Å². The summed E-state index contributed by atoms with van der Waals surface area (Å²) in [6.45, 7) is 0. The van der Waals surface area contributed by atoms with E-state index in [2.05, 4.69) is 15.6 Å². The molecule has 5 nitrogen and oxygen atoms in total. The van der Waals surface area contributed by atoms with E-state index in [0.717, 1.165) is 21.7 Å². The molecule has 0 aliphatic carbocycles. The third-order valence-electron chi connectivity index (χ3n) is 5.70. The summed E-state index contributed by atoms with van der Waals surface area (Å²) in [6, 6.07) is 29.7. The highest BCUT2D eigenvalue weighted by Crippen LogP contribution is 2.37. The number of anilines is 2. The van der Waals surface area contributed by atoms with Crippen molar-refractivity contribution in [3.63, 3.8) is 0 Å². The Hall–Kier alpha value is -3.98. The molecule has 2 amide bonds. The molecule has 1 unspecified atom stereocenters. The number of carbonyl (C=O) groups excluding carboxylic acids is 2. The van der Waals surface area contributed by atoms with Crippen molar-refractivity contribution < 1.29 is 14.0 Å². The molecule has 4 aromatic carbocycles. The maximum atomic E-state index is 13.9. The molecule has 0 radical (unpaired) electrons. The van der Waals surface area contributed by atoms with Gasteiger partial charge in [-0.05, 0) is 54.1 Å². The van der Waals surface area contributed by atoms with E-state index in [1.807, 2.05) is 60.0 Å². The number of amides is 2. The number of benzene rings is 4. The molecule has 5 aromatic rings. The molecule has 39 heavy (non-hydrogen) atoms. The molecule has 1 heterocycles. The standard InChI is InChI=1S/C30H21ClFN3O2S2/c31-21-12-10-19(11-13-21)26-18-38-30(34-26)35-29(37)27(20-6-2-1-3-7-20)39-23-16-14-22(15-17-23)33-28(36)24-8-4-5-9-25(24)32/h1-18,27H,(H,33,36)(H,34,35,37). The van der Waals surface area contributed by atoms with E-state index in [9.17, 15) is 14.0 Å². The zero-order valence-corrected chi connectivity index (χ0v) is 22.7. The van der Waals surface area contributed by atoms with Crippen molar-refractivity contribution in [1.29, 1.82) is 0 Å². The van der Waals surface area contributed by atoms with Crippen molar-refractivity contribution in [3.05, 3.63) is 130 Å². The zero-order valence-electron chi connectivity index (χ0n) is 20.3. The largest absolute Gasteiger partial charge is 0.322 e. The Labute approximate surface area is 238 Å². The monoisotopic (exact) mass is 573 g/mol. The molecule has 9 heteroatoms. The molecule has 0 spiro atoms. The van der Waals surface area contributed by atoms with Crippen molar-refractivity contribution in [3.8, 4) is 11.3 Å². The molecule has 5 rings (SSSR count). The lowest BCUT2D eigenvalue weighted by Crippen LogP contribution is -2.19. The fourth-order valence-corrected chi connectivity index (χ4v) is 5.63. The van der Waals surface area contributed by atoms with E-state index in [1.165, 1.54) is 41.3 Å². The van der Waals surface area contributed by atoms with Crippen LogP contribution in [-0.4, -0.2) is 16.8 Å². The Kier molecular flexibility index (Phi) is 8.36. The molecule has 1 aromatic heterocycles. The first kappa shape index (κ1) is 26.6. The first-order valence-electron chi connectivity index (χ1n) is 11.9. The SMILES string of the molecule is O=C(Nc1ccc(SC(C(=O)Nc2nc(-c3ccc(Cl)cc3)cs2)c2ccccc2)cc1)c1ccccc1F. The minimum Gasteiger partial charge on any atom is -0.322 e. The molecule has 0 aliphatic rings. The molecule has 1 atom stereocenters. The van der Waals surface area contributed by atoms with Crippen LogP contribution < -0.4 is 10.6 Å². The smallest absolute Gasteiger partial charge is 0.258 e. The molecule has 0 aliphatic heterocycles. The van der Waals surface area contributed by atoms with Crippen molar-refractivity contribution in [1.82, 2.24) is 4.98 Å². The van der Waals surface area contributed by atoms with Gasteiger partial charge in [0.15, 0.2) is 5.13 Å². The van der Waals surface area contributed by atoms with Gasteiger partial charge in [-0.15, -0.1) is 23.1 Å². The van der Waals surface area contributed by atoms with Crippen LogP contribution in [0.4, 0.5) is 15.2 Å². The van der Waals surface area contributed by atoms with Crippen LogP contribution in [0, 0.1) is 5.82 Å². The molecule has 2 N–H and O–H groups in total. The molecule has 0 saturated carbocycles. The summed E-state index contributed by atoms with van der Waals surface area (Å²) in [5.41, 5.74) is 2.99. The van der Waals surface area contributed by atoms with Crippen LogP contribution in [0.3, 0.4) is 0 Å². The fourth-order valence-electron chi connectivity index (χ4n) is 3.75. The lowest BCUT2D eigenvalue weighted by atomic mass is 10.1. The second-order valence-electron chi connectivity index (χ2n) is 8.40. The second-order valence-corrected chi connectivity index (χ2v) is 10.9. The van der Waals surface area contributed by atoms with Crippen LogP contribution in [0.2, 0.25) is 5.02 Å². The Bertz CT molecular complexity index is 1590. The van der Waals surface area contributed by atoms with Gasteiger partial charge in [-0.1, -0.05) is 66.2 Å². The van der Waals surface area contributed by atoms with Crippen molar-refractivity contribution in [2.24, 2.45) is 0 Å². The van der Waals surface area contributed by atoms with Crippen LogP contribution in [0.5, 0.6) is 0 Å². The van der Waals surface area contributed by atoms with Gasteiger partial charge in [-0.2, -0.15) is 0 Å². The van der Waals surface area contributed by atoms with Crippen LogP contribution in [-0.2, 0) is 4.79 Å². The maximum absolute atomic E-state index is 13.9. The highest BCUT2D eigenvalue weighted by atomic mass is 35.5. The van der Waals surface area contributed by atoms with E-state index in [4.69, 9.17) is 11.6 Å². The highest BCUT2D eigenvalue weighted by Gasteiger charge is 2.23. The molecule has 0 saturated heterocycles. The van der Waals surface area contributed by atoms with Gasteiger partial charge in [0.05, 0.1) is 11.3 Å². The Morgan fingerprint density at radius 1 is 0.846 bits per heavy atom. The highest BCUT2D eigenvalue weighted by molar-refractivity contribution is 8.00. The summed E-state index contributed by atoms with van der Waals surface area (Å²) in [5, 5.41) is 8.14. The molecular weight excluding hydrogens is 553 g/mol. The summed E-state index contributed by atoms with van der Waals surface area (Å²) in [6.07, 6.45) is 0. The minimum atomic E-state index is -0.584. The number of nitrogens with one attached hydrogen (secondary N) is 2. The maximum Gasteiger partial charge on any atom is 0.258 e. The average molecular weight is 574 g/mol. The van der Waals surface area contributed by atoms with Gasteiger partial charge in [-0.3, -0.25) is 9.59 Å². The number of hydrogen-bond donors (Lipinski definition) is 2. The van der Waals surface area contributed by atoms with E-state index in [1.54, 1.807) is 30.3 Å². The van der Waals surface area contributed by atoms with E-state index < -0.39 is 17.0 Å². The quantitative estimate of drug-likeness (QED) is 0.183. The number of rotatable bonds is 8. The summed E-state index contributed by atoms with van der Waals surface area (Å²) >= 11 is 8.71. The first-order valence-corrected chi connectivity index (χ1v) is 14.0. The lowest BCUT2D eigenvalue weighted by molar-refractivity contribution is -0.115. The molecule has 194 valence electrons. The Balaban J connectivity index is 1.30. The van der Waals surface area contributed by atoms with Crippen molar-refractivity contribution in [2.75, 3.05) is 10.6 Å². The molecular formula is C30H21ClFN3O2S2. The normalized spacial score (nSPS) is 11.5. The molecule has 0 fully saturated rings. The lowest BCUT2D eigenvalue weighted by Gasteiger charge is -2.16. The van der Waals surface area contributed by atoms with Gasteiger partial charge < -0.3 is 10.6 Å². The Morgan fingerprint density at radius 2 is 1.54 bits per heavy atom.